The molecule has 0 fully saturated rings. The second kappa shape index (κ2) is 8.14. The first-order valence-electron chi connectivity index (χ1n) is 8.88. The average Bonchev–Trinajstić information content (AvgIpc) is 2.95. The highest BCUT2D eigenvalue weighted by Gasteiger charge is 2.35. The Balaban J connectivity index is 1.69. The van der Waals surface area contributed by atoms with Crippen LogP contribution in [0.1, 0.15) is 43.1 Å². The average molecular weight is 396 g/mol. The number of hydrogen-bond donors (Lipinski definition) is 1. The van der Waals surface area contributed by atoms with Crippen LogP contribution in [0.5, 0.6) is 5.75 Å². The molecule has 0 bridgehead atoms. The van der Waals surface area contributed by atoms with Gasteiger partial charge in [0, 0.05) is 13.0 Å². The molecule has 8 nitrogen and oxygen atoms in total. The Kier molecular flexibility index (Phi) is 5.63. The van der Waals surface area contributed by atoms with E-state index >= 15 is 0 Å². The first-order chi connectivity index (χ1) is 13.8. The van der Waals surface area contributed by atoms with Crippen LogP contribution in [0.3, 0.4) is 0 Å². The lowest BCUT2D eigenvalue weighted by molar-refractivity contribution is -0.116. The molecule has 0 saturated carbocycles. The van der Waals surface area contributed by atoms with Gasteiger partial charge >= 0.3 is 5.97 Å². The number of hydrogen-bond acceptors (Lipinski definition) is 6. The molecule has 3 amide bonds. The van der Waals surface area contributed by atoms with E-state index < -0.39 is 23.7 Å². The summed E-state index contributed by atoms with van der Waals surface area (Å²) in [7, 11) is 2.69. The van der Waals surface area contributed by atoms with E-state index in [0.717, 1.165) is 10.5 Å². The van der Waals surface area contributed by atoms with Gasteiger partial charge in [-0.15, -0.1) is 0 Å². The van der Waals surface area contributed by atoms with E-state index in [9.17, 15) is 19.2 Å². The molecule has 0 aromatic heterocycles. The van der Waals surface area contributed by atoms with Crippen molar-refractivity contribution in [1.29, 1.82) is 0 Å². The van der Waals surface area contributed by atoms with E-state index in [1.54, 1.807) is 24.3 Å². The van der Waals surface area contributed by atoms with E-state index in [1.807, 2.05) is 6.92 Å². The summed E-state index contributed by atoms with van der Waals surface area (Å²) >= 11 is 0. The summed E-state index contributed by atoms with van der Waals surface area (Å²) in [6.45, 7) is 1.77. The van der Waals surface area contributed by atoms with Crippen molar-refractivity contribution in [2.24, 2.45) is 0 Å². The topological polar surface area (TPSA) is 102 Å². The van der Waals surface area contributed by atoms with Crippen LogP contribution in [-0.2, 0) is 9.53 Å². The monoisotopic (exact) mass is 396 g/mol. The molecular weight excluding hydrogens is 376 g/mol. The minimum atomic E-state index is -0.630. The minimum Gasteiger partial charge on any atom is -0.497 e. The molecule has 0 atom stereocenters. The van der Waals surface area contributed by atoms with Crippen LogP contribution in [0.4, 0.5) is 5.69 Å². The van der Waals surface area contributed by atoms with E-state index in [1.165, 1.54) is 26.4 Å². The van der Waals surface area contributed by atoms with Crippen LogP contribution in [0.2, 0.25) is 0 Å². The van der Waals surface area contributed by atoms with E-state index in [2.05, 4.69) is 5.32 Å². The lowest BCUT2D eigenvalue weighted by Gasteiger charge is -2.15. The van der Waals surface area contributed by atoms with Crippen LogP contribution < -0.4 is 10.1 Å². The van der Waals surface area contributed by atoms with Crippen LogP contribution in [0, 0.1) is 6.92 Å². The number of anilines is 1. The van der Waals surface area contributed by atoms with E-state index in [0.29, 0.717) is 16.9 Å². The number of carbonyl (C=O) groups excluding carboxylic acids is 4. The number of fused-ring (bicyclic) bond motifs is 1. The molecule has 0 aliphatic carbocycles. The number of methoxy groups -OCH3 is 2. The van der Waals surface area contributed by atoms with Gasteiger partial charge in [-0.25, -0.2) is 4.79 Å². The first kappa shape index (κ1) is 20.1. The number of nitrogens with one attached hydrogen (secondary N) is 1. The molecule has 2 aromatic carbocycles. The SMILES string of the molecule is COC(=O)c1cc(OC)ccc1NC(=O)CCN1C(=O)c2ccc(C)cc2C1=O. The standard InChI is InChI=1S/C21H20N2O6/c1-12-4-6-14-15(10-12)20(26)23(19(14)25)9-8-18(24)22-17-7-5-13(28-2)11-16(17)21(27)29-3/h4-7,10-11H,8-9H2,1-3H3,(H,22,24). The molecule has 150 valence electrons. The van der Waals surface area contributed by atoms with Gasteiger partial charge in [0.25, 0.3) is 11.8 Å². The highest BCUT2D eigenvalue weighted by atomic mass is 16.5. The van der Waals surface area contributed by atoms with Crippen molar-refractivity contribution in [3.8, 4) is 5.75 Å². The van der Waals surface area contributed by atoms with Crippen molar-refractivity contribution in [2.75, 3.05) is 26.1 Å². The minimum absolute atomic E-state index is 0.0685. The Hall–Kier alpha value is -3.68. The number of imide groups is 1. The quantitative estimate of drug-likeness (QED) is 0.594. The summed E-state index contributed by atoms with van der Waals surface area (Å²) < 4.78 is 9.81. The van der Waals surface area contributed by atoms with Gasteiger partial charge in [0.2, 0.25) is 5.91 Å². The van der Waals surface area contributed by atoms with Gasteiger partial charge in [-0.3, -0.25) is 19.3 Å². The summed E-state index contributed by atoms with van der Waals surface area (Å²) in [6, 6.07) is 9.61. The smallest absolute Gasteiger partial charge is 0.340 e. The largest absolute Gasteiger partial charge is 0.497 e. The second-order valence-electron chi connectivity index (χ2n) is 6.51. The maximum atomic E-state index is 12.5. The maximum absolute atomic E-state index is 12.5. The van der Waals surface area contributed by atoms with Crippen molar-refractivity contribution in [3.05, 3.63) is 58.7 Å². The molecule has 1 heterocycles. The Labute approximate surface area is 167 Å². The van der Waals surface area contributed by atoms with Gasteiger partial charge in [0.05, 0.1) is 36.6 Å². The van der Waals surface area contributed by atoms with Crippen molar-refractivity contribution in [1.82, 2.24) is 4.90 Å². The molecule has 2 aromatic rings. The predicted octanol–water partition coefficient (Wildman–Crippen LogP) is 2.42. The van der Waals surface area contributed by atoms with Crippen LogP contribution in [0.15, 0.2) is 36.4 Å². The fourth-order valence-electron chi connectivity index (χ4n) is 3.07. The maximum Gasteiger partial charge on any atom is 0.340 e. The Morgan fingerprint density at radius 3 is 2.41 bits per heavy atom. The summed E-state index contributed by atoms with van der Waals surface area (Å²) in [5.41, 5.74) is 1.94. The summed E-state index contributed by atoms with van der Waals surface area (Å²) in [5, 5.41) is 2.62. The molecule has 0 saturated heterocycles. The number of nitrogens with zero attached hydrogens (tertiary/aromatic N) is 1. The molecule has 1 N–H and O–H groups in total. The number of rotatable bonds is 6. The van der Waals surface area contributed by atoms with Gasteiger partial charge in [0.1, 0.15) is 5.75 Å². The molecular formula is C21H20N2O6. The highest BCUT2D eigenvalue weighted by Crippen LogP contribution is 2.25. The molecule has 8 heteroatoms. The van der Waals surface area contributed by atoms with E-state index in [4.69, 9.17) is 9.47 Å². The first-order valence-corrected chi connectivity index (χ1v) is 8.88. The van der Waals surface area contributed by atoms with Crippen molar-refractivity contribution in [2.45, 2.75) is 13.3 Å². The second-order valence-corrected chi connectivity index (χ2v) is 6.51. The van der Waals surface area contributed by atoms with Crippen molar-refractivity contribution in [3.63, 3.8) is 0 Å². The number of benzene rings is 2. The van der Waals surface area contributed by atoms with Gasteiger partial charge < -0.3 is 14.8 Å². The lowest BCUT2D eigenvalue weighted by atomic mass is 10.1. The third-order valence-corrected chi connectivity index (χ3v) is 4.59. The summed E-state index contributed by atoms with van der Waals surface area (Å²) in [5.74, 6) is -1.48. The van der Waals surface area contributed by atoms with Crippen LogP contribution >= 0.6 is 0 Å². The third kappa shape index (κ3) is 3.96. The molecule has 1 aliphatic rings. The van der Waals surface area contributed by atoms with Crippen molar-refractivity contribution >= 4 is 29.4 Å². The van der Waals surface area contributed by atoms with Crippen LogP contribution in [-0.4, -0.2) is 49.4 Å². The number of aryl methyl sites for hydroxylation is 1. The molecule has 1 aliphatic heterocycles. The molecule has 0 unspecified atom stereocenters. The van der Waals surface area contributed by atoms with Gasteiger partial charge in [-0.1, -0.05) is 11.6 Å². The fraction of sp³-hybridized carbons (Fsp3) is 0.238. The van der Waals surface area contributed by atoms with Gasteiger partial charge in [0.15, 0.2) is 0 Å². The number of ether oxygens (including phenoxy) is 2. The lowest BCUT2D eigenvalue weighted by Crippen LogP contribution is -2.33. The molecule has 29 heavy (non-hydrogen) atoms. The van der Waals surface area contributed by atoms with Crippen LogP contribution in [0.25, 0.3) is 0 Å². The zero-order valence-corrected chi connectivity index (χ0v) is 16.3. The van der Waals surface area contributed by atoms with E-state index in [-0.39, 0.29) is 24.2 Å². The summed E-state index contributed by atoms with van der Waals surface area (Å²) in [6.07, 6.45) is -0.114. The molecule has 0 radical (unpaired) electrons. The van der Waals surface area contributed by atoms with Gasteiger partial charge in [-0.05, 0) is 37.3 Å². The number of esters is 1. The van der Waals surface area contributed by atoms with Gasteiger partial charge in [-0.2, -0.15) is 0 Å². The molecule has 3 rings (SSSR count). The Morgan fingerprint density at radius 1 is 1.00 bits per heavy atom. The zero-order valence-electron chi connectivity index (χ0n) is 16.3. The Morgan fingerprint density at radius 2 is 1.72 bits per heavy atom. The third-order valence-electron chi connectivity index (χ3n) is 4.59. The number of amides is 3. The summed E-state index contributed by atoms with van der Waals surface area (Å²) in [4.78, 5) is 50.3. The normalized spacial score (nSPS) is 12.6. The Bertz CT molecular complexity index is 1010. The van der Waals surface area contributed by atoms with Crippen molar-refractivity contribution < 1.29 is 28.7 Å². The zero-order chi connectivity index (χ0) is 21.1. The fourth-order valence-corrected chi connectivity index (χ4v) is 3.07. The predicted molar refractivity (Wildman–Crippen MR) is 104 cm³/mol. The molecule has 0 spiro atoms. The highest BCUT2D eigenvalue weighted by molar-refractivity contribution is 6.21. The number of carbonyl (C=O) groups is 4.